The molecule has 5 nitrogen and oxygen atoms in total. The van der Waals surface area contributed by atoms with Gasteiger partial charge < -0.3 is 14.8 Å². The molecule has 0 bridgehead atoms. The van der Waals surface area contributed by atoms with Crippen LogP contribution < -0.4 is 10.1 Å². The van der Waals surface area contributed by atoms with Gasteiger partial charge in [-0.15, -0.1) is 6.58 Å². The molecule has 0 aliphatic carbocycles. The number of nitrogens with one attached hydrogen (secondary N) is 1. The molecule has 1 saturated heterocycles. The molecule has 2 heterocycles. The molecule has 1 unspecified atom stereocenters. The van der Waals surface area contributed by atoms with Gasteiger partial charge in [0, 0.05) is 19.2 Å². The molecule has 5 heteroatoms. The highest BCUT2D eigenvalue weighted by Gasteiger charge is 2.21. The van der Waals surface area contributed by atoms with Crippen molar-refractivity contribution in [1.29, 1.82) is 0 Å². The summed E-state index contributed by atoms with van der Waals surface area (Å²) in [4.78, 5) is 8.85. The third-order valence-corrected chi connectivity index (χ3v) is 2.66. The number of hydrogen-bond acceptors (Lipinski definition) is 5. The first-order valence-corrected chi connectivity index (χ1v) is 6.31. The summed E-state index contributed by atoms with van der Waals surface area (Å²) in [6.45, 7) is 7.63. The van der Waals surface area contributed by atoms with Crippen LogP contribution in [0.25, 0.3) is 0 Å². The standard InChI is InChI=1S/C13H19N3O2/c1-3-7-14-11-9-12(17-4-2)16-13(15-11)10-6-5-8-18-10/h3,9-10H,1,4-8H2,2H3,(H,14,15,16). The van der Waals surface area contributed by atoms with Gasteiger partial charge in [-0.1, -0.05) is 6.08 Å². The summed E-state index contributed by atoms with van der Waals surface area (Å²) >= 11 is 0. The van der Waals surface area contributed by atoms with Crippen molar-refractivity contribution in [3.05, 3.63) is 24.5 Å². The van der Waals surface area contributed by atoms with Gasteiger partial charge in [-0.2, -0.15) is 4.98 Å². The predicted molar refractivity (Wildman–Crippen MR) is 69.8 cm³/mol. The molecule has 1 aromatic heterocycles. The summed E-state index contributed by atoms with van der Waals surface area (Å²) in [7, 11) is 0. The second-order valence-corrected chi connectivity index (χ2v) is 4.05. The van der Waals surface area contributed by atoms with Gasteiger partial charge in [0.2, 0.25) is 5.88 Å². The maximum Gasteiger partial charge on any atom is 0.218 e. The number of nitrogens with zero attached hydrogens (tertiary/aromatic N) is 2. The first-order chi connectivity index (χ1) is 8.83. The molecule has 0 amide bonds. The summed E-state index contributed by atoms with van der Waals surface area (Å²) in [6, 6.07) is 1.80. The largest absolute Gasteiger partial charge is 0.478 e. The third-order valence-electron chi connectivity index (χ3n) is 2.66. The fraction of sp³-hybridized carbons (Fsp3) is 0.538. The Morgan fingerprint density at radius 1 is 1.61 bits per heavy atom. The Kier molecular flexibility index (Phi) is 4.52. The quantitative estimate of drug-likeness (QED) is 0.784. The maximum atomic E-state index is 5.60. The van der Waals surface area contributed by atoms with E-state index in [9.17, 15) is 0 Å². The van der Waals surface area contributed by atoms with Gasteiger partial charge in [0.1, 0.15) is 11.9 Å². The summed E-state index contributed by atoms with van der Waals surface area (Å²) in [5.74, 6) is 2.04. The lowest BCUT2D eigenvalue weighted by Crippen LogP contribution is -2.09. The Morgan fingerprint density at radius 2 is 2.50 bits per heavy atom. The predicted octanol–water partition coefficient (Wildman–Crippen LogP) is 2.32. The van der Waals surface area contributed by atoms with Crippen molar-refractivity contribution in [3.8, 4) is 5.88 Å². The molecule has 2 rings (SSSR count). The van der Waals surface area contributed by atoms with Crippen LogP contribution >= 0.6 is 0 Å². The number of hydrogen-bond donors (Lipinski definition) is 1. The molecule has 1 aliphatic heterocycles. The number of rotatable bonds is 6. The molecule has 0 saturated carbocycles. The van der Waals surface area contributed by atoms with E-state index in [1.54, 1.807) is 12.1 Å². The van der Waals surface area contributed by atoms with E-state index in [2.05, 4.69) is 21.9 Å². The zero-order valence-corrected chi connectivity index (χ0v) is 10.7. The lowest BCUT2D eigenvalue weighted by Gasteiger charge is -2.12. The number of aromatic nitrogens is 2. The molecular weight excluding hydrogens is 230 g/mol. The van der Waals surface area contributed by atoms with Crippen LogP contribution in [-0.4, -0.2) is 29.7 Å². The fourth-order valence-electron chi connectivity index (χ4n) is 1.86. The van der Waals surface area contributed by atoms with Crippen molar-refractivity contribution < 1.29 is 9.47 Å². The topological polar surface area (TPSA) is 56.3 Å². The molecular formula is C13H19N3O2. The van der Waals surface area contributed by atoms with Crippen LogP contribution in [0.4, 0.5) is 5.82 Å². The second-order valence-electron chi connectivity index (χ2n) is 4.05. The zero-order valence-electron chi connectivity index (χ0n) is 10.7. The van der Waals surface area contributed by atoms with E-state index in [1.165, 1.54) is 0 Å². The Bertz CT molecular complexity index is 403. The van der Waals surface area contributed by atoms with Gasteiger partial charge in [-0.3, -0.25) is 0 Å². The van der Waals surface area contributed by atoms with Gasteiger partial charge in [-0.05, 0) is 19.8 Å². The van der Waals surface area contributed by atoms with E-state index in [0.717, 1.165) is 25.3 Å². The van der Waals surface area contributed by atoms with Gasteiger partial charge in [0.25, 0.3) is 0 Å². The van der Waals surface area contributed by atoms with E-state index < -0.39 is 0 Å². The average molecular weight is 249 g/mol. The smallest absolute Gasteiger partial charge is 0.218 e. The Balaban J connectivity index is 2.20. The first-order valence-electron chi connectivity index (χ1n) is 6.31. The molecule has 18 heavy (non-hydrogen) atoms. The van der Waals surface area contributed by atoms with Gasteiger partial charge >= 0.3 is 0 Å². The highest BCUT2D eigenvalue weighted by Crippen LogP contribution is 2.28. The highest BCUT2D eigenvalue weighted by molar-refractivity contribution is 5.39. The molecule has 1 atom stereocenters. The Morgan fingerprint density at radius 3 is 3.17 bits per heavy atom. The molecule has 1 aliphatic rings. The lowest BCUT2D eigenvalue weighted by atomic mass is 10.2. The minimum atomic E-state index is -0.00492. The third kappa shape index (κ3) is 3.20. The first kappa shape index (κ1) is 12.8. The number of ether oxygens (including phenoxy) is 2. The van der Waals surface area contributed by atoms with Crippen LogP contribution in [-0.2, 0) is 4.74 Å². The van der Waals surface area contributed by atoms with E-state index in [4.69, 9.17) is 9.47 Å². The van der Waals surface area contributed by atoms with E-state index in [0.29, 0.717) is 24.9 Å². The maximum absolute atomic E-state index is 5.60. The van der Waals surface area contributed by atoms with Crippen molar-refractivity contribution in [2.75, 3.05) is 25.1 Å². The van der Waals surface area contributed by atoms with Crippen LogP contribution in [0.15, 0.2) is 18.7 Å². The van der Waals surface area contributed by atoms with Crippen molar-refractivity contribution >= 4 is 5.82 Å². The van der Waals surface area contributed by atoms with Crippen molar-refractivity contribution in [1.82, 2.24) is 9.97 Å². The van der Waals surface area contributed by atoms with E-state index in [-0.39, 0.29) is 6.10 Å². The molecule has 1 aromatic rings. The van der Waals surface area contributed by atoms with E-state index >= 15 is 0 Å². The Hall–Kier alpha value is -1.62. The van der Waals surface area contributed by atoms with Crippen LogP contribution in [0.5, 0.6) is 5.88 Å². The monoisotopic (exact) mass is 249 g/mol. The van der Waals surface area contributed by atoms with Crippen LogP contribution in [0.3, 0.4) is 0 Å². The molecule has 1 fully saturated rings. The summed E-state index contributed by atoms with van der Waals surface area (Å²) in [6.07, 6.45) is 3.81. The number of anilines is 1. The summed E-state index contributed by atoms with van der Waals surface area (Å²) in [5, 5.41) is 3.15. The summed E-state index contributed by atoms with van der Waals surface area (Å²) in [5.41, 5.74) is 0. The fourth-order valence-corrected chi connectivity index (χ4v) is 1.86. The van der Waals surface area contributed by atoms with Crippen LogP contribution in [0.2, 0.25) is 0 Å². The highest BCUT2D eigenvalue weighted by atomic mass is 16.5. The average Bonchev–Trinajstić information content (AvgIpc) is 2.90. The van der Waals surface area contributed by atoms with E-state index in [1.807, 2.05) is 6.92 Å². The SMILES string of the molecule is C=CCNc1cc(OCC)nc(C2CCCO2)n1. The lowest BCUT2D eigenvalue weighted by molar-refractivity contribution is 0.104. The van der Waals surface area contributed by atoms with Crippen LogP contribution in [0.1, 0.15) is 31.7 Å². The second kappa shape index (κ2) is 6.35. The summed E-state index contributed by atoms with van der Waals surface area (Å²) < 4.78 is 11.1. The zero-order chi connectivity index (χ0) is 12.8. The van der Waals surface area contributed by atoms with Crippen molar-refractivity contribution in [2.45, 2.75) is 25.9 Å². The van der Waals surface area contributed by atoms with Crippen molar-refractivity contribution in [2.24, 2.45) is 0 Å². The normalized spacial score (nSPS) is 18.6. The van der Waals surface area contributed by atoms with Gasteiger partial charge in [0.15, 0.2) is 5.82 Å². The molecule has 0 aromatic carbocycles. The minimum absolute atomic E-state index is 0.00492. The molecule has 0 spiro atoms. The van der Waals surface area contributed by atoms with Gasteiger partial charge in [0.05, 0.1) is 6.61 Å². The Labute approximate surface area is 107 Å². The molecule has 98 valence electrons. The van der Waals surface area contributed by atoms with Crippen LogP contribution in [0, 0.1) is 0 Å². The van der Waals surface area contributed by atoms with Crippen molar-refractivity contribution in [3.63, 3.8) is 0 Å². The molecule has 0 radical (unpaired) electrons. The molecule has 1 N–H and O–H groups in total. The minimum Gasteiger partial charge on any atom is -0.478 e. The van der Waals surface area contributed by atoms with Gasteiger partial charge in [-0.25, -0.2) is 4.98 Å².